The second-order valence-electron chi connectivity index (χ2n) is 6.21. The Morgan fingerprint density at radius 3 is 2.46 bits per heavy atom. The highest BCUT2D eigenvalue weighted by Gasteiger charge is 2.15. The summed E-state index contributed by atoms with van der Waals surface area (Å²) in [5, 5.41) is 11.0. The third-order valence-electron chi connectivity index (χ3n) is 4.19. The summed E-state index contributed by atoms with van der Waals surface area (Å²) >= 11 is 3.43. The highest BCUT2D eigenvalue weighted by molar-refractivity contribution is 7.99. The van der Waals surface area contributed by atoms with Crippen molar-refractivity contribution in [2.75, 3.05) is 5.75 Å². The SMILES string of the molecule is Cc1ccc(-c2nnc(SCCc3ccccc3)c3nc(C)sc23)cc1. The van der Waals surface area contributed by atoms with Crippen LogP contribution in [0.1, 0.15) is 16.1 Å². The molecule has 0 spiro atoms. The van der Waals surface area contributed by atoms with Gasteiger partial charge in [0.15, 0.2) is 0 Å². The van der Waals surface area contributed by atoms with E-state index >= 15 is 0 Å². The summed E-state index contributed by atoms with van der Waals surface area (Å²) in [7, 11) is 0. The summed E-state index contributed by atoms with van der Waals surface area (Å²) in [6.45, 7) is 4.14. The van der Waals surface area contributed by atoms with Crippen LogP contribution in [0.2, 0.25) is 0 Å². The zero-order chi connectivity index (χ0) is 17.9. The zero-order valence-electron chi connectivity index (χ0n) is 14.8. The smallest absolute Gasteiger partial charge is 0.146 e. The molecular formula is C21H19N3S2. The number of rotatable bonds is 5. The van der Waals surface area contributed by atoms with E-state index in [1.807, 2.05) is 13.0 Å². The molecule has 4 rings (SSSR count). The molecule has 0 aliphatic carbocycles. The van der Waals surface area contributed by atoms with Gasteiger partial charge in [-0.1, -0.05) is 60.2 Å². The fraction of sp³-hybridized carbons (Fsp3) is 0.190. The van der Waals surface area contributed by atoms with Crippen LogP contribution in [-0.4, -0.2) is 20.9 Å². The van der Waals surface area contributed by atoms with Crippen molar-refractivity contribution in [2.24, 2.45) is 0 Å². The van der Waals surface area contributed by atoms with Crippen LogP contribution in [0.25, 0.3) is 21.5 Å². The maximum atomic E-state index is 4.74. The number of nitrogens with zero attached hydrogens (tertiary/aromatic N) is 3. The zero-order valence-corrected chi connectivity index (χ0v) is 16.4. The summed E-state index contributed by atoms with van der Waals surface area (Å²) in [5.74, 6) is 0.967. The topological polar surface area (TPSA) is 38.7 Å². The summed E-state index contributed by atoms with van der Waals surface area (Å²) in [5.41, 5.74) is 5.59. The maximum absolute atomic E-state index is 4.74. The molecule has 3 nitrogen and oxygen atoms in total. The van der Waals surface area contributed by atoms with Gasteiger partial charge in [-0.25, -0.2) is 4.98 Å². The first-order valence-electron chi connectivity index (χ1n) is 8.58. The Bertz CT molecular complexity index is 1020. The van der Waals surface area contributed by atoms with Gasteiger partial charge in [0.1, 0.15) is 16.2 Å². The van der Waals surface area contributed by atoms with Crippen molar-refractivity contribution in [1.29, 1.82) is 0 Å². The number of hydrogen-bond donors (Lipinski definition) is 0. The molecule has 0 aliphatic rings. The Kier molecular flexibility index (Phi) is 5.00. The maximum Gasteiger partial charge on any atom is 0.146 e. The van der Waals surface area contributed by atoms with Crippen molar-refractivity contribution in [1.82, 2.24) is 15.2 Å². The van der Waals surface area contributed by atoms with E-state index in [1.165, 1.54) is 11.1 Å². The number of benzene rings is 2. The van der Waals surface area contributed by atoms with Gasteiger partial charge in [0.05, 0.1) is 9.71 Å². The van der Waals surface area contributed by atoms with Crippen LogP contribution in [0.5, 0.6) is 0 Å². The largest absolute Gasteiger partial charge is 0.238 e. The Labute approximate surface area is 161 Å². The monoisotopic (exact) mass is 377 g/mol. The van der Waals surface area contributed by atoms with E-state index in [4.69, 9.17) is 4.98 Å². The van der Waals surface area contributed by atoms with E-state index < -0.39 is 0 Å². The van der Waals surface area contributed by atoms with Gasteiger partial charge in [-0.15, -0.1) is 33.3 Å². The Hall–Kier alpha value is -2.24. The molecule has 0 N–H and O–H groups in total. The standard InChI is InChI=1S/C21H19N3S2/c1-14-8-10-17(11-9-14)18-20-19(22-15(2)26-20)21(24-23-18)25-13-12-16-6-4-3-5-7-16/h3-11H,12-13H2,1-2H3. The Morgan fingerprint density at radius 1 is 0.923 bits per heavy atom. The molecule has 130 valence electrons. The number of aromatic nitrogens is 3. The van der Waals surface area contributed by atoms with E-state index in [-0.39, 0.29) is 0 Å². The molecule has 0 radical (unpaired) electrons. The van der Waals surface area contributed by atoms with Crippen molar-refractivity contribution >= 4 is 33.3 Å². The second kappa shape index (κ2) is 7.56. The van der Waals surface area contributed by atoms with Crippen LogP contribution < -0.4 is 0 Å². The van der Waals surface area contributed by atoms with Crippen LogP contribution in [0.15, 0.2) is 59.6 Å². The molecular weight excluding hydrogens is 358 g/mol. The molecule has 0 fully saturated rings. The van der Waals surface area contributed by atoms with Crippen LogP contribution in [-0.2, 0) is 6.42 Å². The third kappa shape index (κ3) is 3.64. The molecule has 0 aliphatic heterocycles. The molecule has 0 saturated carbocycles. The van der Waals surface area contributed by atoms with E-state index in [2.05, 4.69) is 65.7 Å². The predicted molar refractivity (Wildman–Crippen MR) is 111 cm³/mol. The van der Waals surface area contributed by atoms with Crippen LogP contribution >= 0.6 is 23.1 Å². The molecule has 4 aromatic rings. The Morgan fingerprint density at radius 2 is 1.69 bits per heavy atom. The normalized spacial score (nSPS) is 11.2. The number of hydrogen-bond acceptors (Lipinski definition) is 5. The van der Waals surface area contributed by atoms with Crippen molar-refractivity contribution < 1.29 is 0 Å². The average molecular weight is 378 g/mol. The van der Waals surface area contributed by atoms with Gasteiger partial charge in [0.2, 0.25) is 0 Å². The lowest BCUT2D eigenvalue weighted by atomic mass is 10.1. The molecule has 0 unspecified atom stereocenters. The summed E-state index contributed by atoms with van der Waals surface area (Å²) < 4.78 is 1.13. The molecule has 2 heterocycles. The molecule has 0 atom stereocenters. The molecule has 0 amide bonds. The quantitative estimate of drug-likeness (QED) is 0.418. The highest BCUT2D eigenvalue weighted by atomic mass is 32.2. The fourth-order valence-corrected chi connectivity index (χ4v) is 4.73. The van der Waals surface area contributed by atoms with Gasteiger partial charge in [-0.05, 0) is 25.8 Å². The van der Waals surface area contributed by atoms with Gasteiger partial charge < -0.3 is 0 Å². The first-order chi connectivity index (χ1) is 12.7. The van der Waals surface area contributed by atoms with Crippen LogP contribution in [0.3, 0.4) is 0 Å². The van der Waals surface area contributed by atoms with E-state index in [0.717, 1.165) is 43.7 Å². The van der Waals surface area contributed by atoms with Crippen molar-refractivity contribution in [3.63, 3.8) is 0 Å². The third-order valence-corrected chi connectivity index (χ3v) is 6.12. The highest BCUT2D eigenvalue weighted by Crippen LogP contribution is 2.35. The van der Waals surface area contributed by atoms with E-state index in [9.17, 15) is 0 Å². The summed E-state index contributed by atoms with van der Waals surface area (Å²) in [6.07, 6.45) is 1.01. The number of aryl methyl sites for hydroxylation is 3. The molecule has 2 aromatic heterocycles. The lowest BCUT2D eigenvalue weighted by molar-refractivity contribution is 0.954. The average Bonchev–Trinajstić information content (AvgIpc) is 3.05. The fourth-order valence-electron chi connectivity index (χ4n) is 2.83. The number of thiazole rings is 1. The first kappa shape index (κ1) is 17.2. The van der Waals surface area contributed by atoms with Crippen molar-refractivity contribution in [3.8, 4) is 11.3 Å². The molecule has 26 heavy (non-hydrogen) atoms. The summed E-state index contributed by atoms with van der Waals surface area (Å²) in [4.78, 5) is 4.74. The number of thioether (sulfide) groups is 1. The molecule has 0 bridgehead atoms. The first-order valence-corrected chi connectivity index (χ1v) is 10.4. The molecule has 2 aromatic carbocycles. The van der Waals surface area contributed by atoms with Gasteiger partial charge in [0.25, 0.3) is 0 Å². The number of fused-ring (bicyclic) bond motifs is 1. The Balaban J connectivity index is 1.62. The van der Waals surface area contributed by atoms with Gasteiger partial charge in [-0.3, -0.25) is 0 Å². The molecule has 0 saturated heterocycles. The van der Waals surface area contributed by atoms with Crippen LogP contribution in [0, 0.1) is 13.8 Å². The lowest BCUT2D eigenvalue weighted by Gasteiger charge is -2.05. The van der Waals surface area contributed by atoms with E-state index in [1.54, 1.807) is 23.1 Å². The minimum Gasteiger partial charge on any atom is -0.238 e. The van der Waals surface area contributed by atoms with Gasteiger partial charge in [-0.2, -0.15) is 0 Å². The van der Waals surface area contributed by atoms with Crippen LogP contribution in [0.4, 0.5) is 0 Å². The van der Waals surface area contributed by atoms with Gasteiger partial charge >= 0.3 is 0 Å². The molecule has 5 heteroatoms. The minimum absolute atomic E-state index is 0.927. The van der Waals surface area contributed by atoms with Crippen molar-refractivity contribution in [3.05, 3.63) is 70.7 Å². The lowest BCUT2D eigenvalue weighted by Crippen LogP contribution is -1.94. The second-order valence-corrected chi connectivity index (χ2v) is 8.50. The van der Waals surface area contributed by atoms with E-state index in [0.29, 0.717) is 0 Å². The minimum atomic E-state index is 0.927. The van der Waals surface area contributed by atoms with Gasteiger partial charge in [0, 0.05) is 11.3 Å². The predicted octanol–water partition coefficient (Wildman–Crippen LogP) is 5.70. The van der Waals surface area contributed by atoms with Crippen molar-refractivity contribution in [2.45, 2.75) is 25.3 Å². The summed E-state index contributed by atoms with van der Waals surface area (Å²) in [6, 6.07) is 19.0.